The van der Waals surface area contributed by atoms with E-state index >= 15 is 0 Å². The number of phenolic OH excluding ortho intramolecular Hbond substituents is 1. The molecule has 0 fully saturated rings. The minimum Gasteiger partial charge on any atom is -0.508 e. The molecule has 4 unspecified atom stereocenters. The highest BCUT2D eigenvalue weighted by molar-refractivity contribution is 5.94. The lowest BCUT2D eigenvalue weighted by atomic mass is 10.0. The number of rotatable bonds is 15. The molecule has 1 aromatic heterocycles. The van der Waals surface area contributed by atoms with E-state index in [0.717, 1.165) is 11.1 Å². The van der Waals surface area contributed by atoms with Crippen molar-refractivity contribution in [2.24, 2.45) is 11.7 Å². The number of aromatic amines is 1. The molecular formula is C30H38N6O6. The first kappa shape index (κ1) is 31.8. The van der Waals surface area contributed by atoms with E-state index < -0.39 is 47.9 Å². The van der Waals surface area contributed by atoms with Gasteiger partial charge in [0.1, 0.15) is 23.9 Å². The summed E-state index contributed by atoms with van der Waals surface area (Å²) in [5, 5.41) is 27.2. The van der Waals surface area contributed by atoms with E-state index in [1.54, 1.807) is 36.4 Å². The van der Waals surface area contributed by atoms with Crippen molar-refractivity contribution in [3.63, 3.8) is 0 Å². The van der Waals surface area contributed by atoms with E-state index in [1.165, 1.54) is 24.7 Å². The average Bonchev–Trinajstić information content (AvgIpc) is 3.46. The third kappa shape index (κ3) is 10.0. The van der Waals surface area contributed by atoms with Gasteiger partial charge in [-0.1, -0.05) is 56.3 Å². The number of aromatic nitrogens is 2. The Morgan fingerprint density at radius 1 is 0.810 bits per heavy atom. The molecule has 2 aromatic carbocycles. The quantitative estimate of drug-likeness (QED) is 0.139. The van der Waals surface area contributed by atoms with Gasteiger partial charge in [0.05, 0.1) is 12.4 Å². The summed E-state index contributed by atoms with van der Waals surface area (Å²) in [5.41, 5.74) is 8.16. The Bertz CT molecular complexity index is 1310. The van der Waals surface area contributed by atoms with Crippen LogP contribution < -0.4 is 21.7 Å². The van der Waals surface area contributed by atoms with Crippen molar-refractivity contribution in [1.82, 2.24) is 25.9 Å². The fraction of sp³-hybridized carbons (Fsp3) is 0.367. The number of benzene rings is 2. The third-order valence-electron chi connectivity index (χ3n) is 6.58. The van der Waals surface area contributed by atoms with Crippen molar-refractivity contribution in [3.05, 3.63) is 83.9 Å². The van der Waals surface area contributed by atoms with Crippen molar-refractivity contribution >= 4 is 23.7 Å². The van der Waals surface area contributed by atoms with Gasteiger partial charge in [0.25, 0.3) is 0 Å². The number of aliphatic carboxylic acids is 1. The van der Waals surface area contributed by atoms with E-state index in [4.69, 9.17) is 5.73 Å². The number of nitrogens with two attached hydrogens (primary N) is 1. The molecule has 0 aliphatic carbocycles. The lowest BCUT2D eigenvalue weighted by Crippen LogP contribution is -2.58. The summed E-state index contributed by atoms with van der Waals surface area (Å²) in [4.78, 5) is 58.6. The molecule has 0 saturated heterocycles. The number of nitrogens with zero attached hydrogens (tertiary/aromatic N) is 1. The van der Waals surface area contributed by atoms with E-state index in [2.05, 4.69) is 25.9 Å². The van der Waals surface area contributed by atoms with Gasteiger partial charge in [-0.2, -0.15) is 0 Å². The molecular weight excluding hydrogens is 540 g/mol. The minimum absolute atomic E-state index is 0.0159. The Morgan fingerprint density at radius 2 is 1.40 bits per heavy atom. The maximum Gasteiger partial charge on any atom is 0.326 e. The number of phenols is 1. The summed E-state index contributed by atoms with van der Waals surface area (Å²) in [6.07, 6.45) is 3.48. The molecule has 12 nitrogen and oxygen atoms in total. The minimum atomic E-state index is -1.20. The first-order valence-corrected chi connectivity index (χ1v) is 13.7. The number of H-pyrrole nitrogens is 1. The zero-order valence-electron chi connectivity index (χ0n) is 23.6. The van der Waals surface area contributed by atoms with Crippen LogP contribution in [0.2, 0.25) is 0 Å². The van der Waals surface area contributed by atoms with Crippen LogP contribution in [0.25, 0.3) is 0 Å². The number of amides is 3. The highest BCUT2D eigenvalue weighted by Gasteiger charge is 2.31. The Hall–Kier alpha value is -4.71. The summed E-state index contributed by atoms with van der Waals surface area (Å²) >= 11 is 0. The molecule has 4 atom stereocenters. The standard InChI is InChI=1S/C30H38N6O6/c1-18(2)12-24(28(39)36-26(30(41)42)14-19-6-4-3-5-7-19)35-29(40)25(15-21-16-32-17-33-21)34-27(38)23(31)13-20-8-10-22(37)11-9-20/h3-11,16-18,23-26,37H,12-15,31H2,1-2H3,(H,32,33)(H,34,38)(H,35,40)(H,36,39)(H,41,42). The fourth-order valence-electron chi connectivity index (χ4n) is 4.38. The van der Waals surface area contributed by atoms with Gasteiger partial charge in [-0.15, -0.1) is 0 Å². The molecule has 224 valence electrons. The van der Waals surface area contributed by atoms with Crippen LogP contribution in [-0.2, 0) is 38.4 Å². The lowest BCUT2D eigenvalue weighted by molar-refractivity contribution is -0.142. The smallest absolute Gasteiger partial charge is 0.326 e. The third-order valence-corrected chi connectivity index (χ3v) is 6.58. The molecule has 0 saturated carbocycles. The predicted molar refractivity (Wildman–Crippen MR) is 155 cm³/mol. The van der Waals surface area contributed by atoms with E-state index in [-0.39, 0.29) is 37.4 Å². The molecule has 12 heteroatoms. The second-order valence-corrected chi connectivity index (χ2v) is 10.6. The molecule has 1 heterocycles. The molecule has 0 aliphatic heterocycles. The Morgan fingerprint density at radius 3 is 2.00 bits per heavy atom. The number of carbonyl (C=O) groups excluding carboxylic acids is 3. The van der Waals surface area contributed by atoms with Gasteiger partial charge in [0, 0.05) is 24.7 Å². The number of nitrogens with one attached hydrogen (secondary N) is 4. The highest BCUT2D eigenvalue weighted by atomic mass is 16.4. The first-order valence-electron chi connectivity index (χ1n) is 13.7. The summed E-state index contributed by atoms with van der Waals surface area (Å²) in [6.45, 7) is 3.74. The van der Waals surface area contributed by atoms with Crippen LogP contribution in [0.5, 0.6) is 5.75 Å². The monoisotopic (exact) mass is 578 g/mol. The largest absolute Gasteiger partial charge is 0.508 e. The SMILES string of the molecule is CC(C)CC(NC(=O)C(Cc1cnc[nH]1)NC(=O)C(N)Cc1ccc(O)cc1)C(=O)NC(Cc1ccccc1)C(=O)O. The number of aromatic hydroxyl groups is 1. The van der Waals surface area contributed by atoms with E-state index in [9.17, 15) is 29.4 Å². The van der Waals surface area contributed by atoms with Crippen LogP contribution in [-0.4, -0.2) is 68.0 Å². The fourth-order valence-corrected chi connectivity index (χ4v) is 4.38. The maximum absolute atomic E-state index is 13.5. The van der Waals surface area contributed by atoms with E-state index in [1.807, 2.05) is 19.9 Å². The zero-order valence-corrected chi connectivity index (χ0v) is 23.6. The van der Waals surface area contributed by atoms with Gasteiger partial charge in [-0.25, -0.2) is 9.78 Å². The molecule has 8 N–H and O–H groups in total. The van der Waals surface area contributed by atoms with Gasteiger partial charge >= 0.3 is 5.97 Å². The second-order valence-electron chi connectivity index (χ2n) is 10.6. The average molecular weight is 579 g/mol. The molecule has 0 radical (unpaired) electrons. The van der Waals surface area contributed by atoms with Crippen LogP contribution in [0.4, 0.5) is 0 Å². The number of hydrogen-bond donors (Lipinski definition) is 7. The molecule has 42 heavy (non-hydrogen) atoms. The molecule has 3 rings (SSSR count). The number of carboxylic acid groups (broad SMARTS) is 1. The Balaban J connectivity index is 1.73. The van der Waals surface area contributed by atoms with Gasteiger partial charge in [0.2, 0.25) is 17.7 Å². The Kier molecular flexibility index (Phi) is 11.6. The number of imidazole rings is 1. The van der Waals surface area contributed by atoms with Crippen LogP contribution in [0.3, 0.4) is 0 Å². The van der Waals surface area contributed by atoms with Crippen molar-refractivity contribution in [1.29, 1.82) is 0 Å². The summed E-state index contributed by atoms with van der Waals surface area (Å²) in [5.74, 6) is -2.99. The molecule has 0 spiro atoms. The van der Waals surface area contributed by atoms with Gasteiger partial charge in [-0.05, 0) is 42.0 Å². The van der Waals surface area contributed by atoms with Gasteiger partial charge < -0.3 is 36.9 Å². The predicted octanol–water partition coefficient (Wildman–Crippen LogP) is 1.06. The first-order chi connectivity index (χ1) is 20.0. The van der Waals surface area contributed by atoms with Gasteiger partial charge in [0.15, 0.2) is 0 Å². The Labute approximate surface area is 244 Å². The number of carbonyl (C=O) groups is 4. The molecule has 0 bridgehead atoms. The zero-order chi connectivity index (χ0) is 30.6. The van der Waals surface area contributed by atoms with Crippen molar-refractivity contribution in [2.45, 2.75) is 63.7 Å². The van der Waals surface area contributed by atoms with Crippen LogP contribution in [0.1, 0.15) is 37.1 Å². The van der Waals surface area contributed by atoms with Gasteiger partial charge in [-0.3, -0.25) is 14.4 Å². The van der Waals surface area contributed by atoms with Crippen molar-refractivity contribution < 1.29 is 29.4 Å². The van der Waals surface area contributed by atoms with Crippen LogP contribution in [0.15, 0.2) is 67.1 Å². The molecule has 3 aromatic rings. The lowest BCUT2D eigenvalue weighted by Gasteiger charge is -2.26. The topological polar surface area (TPSA) is 200 Å². The second kappa shape index (κ2) is 15.3. The summed E-state index contributed by atoms with van der Waals surface area (Å²) in [6, 6.07) is 10.8. The maximum atomic E-state index is 13.5. The molecule has 3 amide bonds. The summed E-state index contributed by atoms with van der Waals surface area (Å²) in [7, 11) is 0. The van der Waals surface area contributed by atoms with Crippen LogP contribution >= 0.6 is 0 Å². The van der Waals surface area contributed by atoms with Crippen molar-refractivity contribution in [2.75, 3.05) is 0 Å². The summed E-state index contributed by atoms with van der Waals surface area (Å²) < 4.78 is 0. The number of hydrogen-bond acceptors (Lipinski definition) is 7. The van der Waals surface area contributed by atoms with E-state index in [0.29, 0.717) is 5.69 Å². The number of carboxylic acids is 1. The van der Waals surface area contributed by atoms with Crippen LogP contribution in [0, 0.1) is 5.92 Å². The molecule has 0 aliphatic rings. The highest BCUT2D eigenvalue weighted by Crippen LogP contribution is 2.12. The van der Waals surface area contributed by atoms with Crippen molar-refractivity contribution in [3.8, 4) is 5.75 Å². The normalized spacial score (nSPS) is 13.9.